The van der Waals surface area contributed by atoms with E-state index in [1.165, 1.54) is 6.92 Å². The molecule has 1 aromatic carbocycles. The van der Waals surface area contributed by atoms with Crippen molar-refractivity contribution in [3.63, 3.8) is 0 Å². The molecule has 0 aliphatic heterocycles. The third-order valence-corrected chi connectivity index (χ3v) is 5.08. The van der Waals surface area contributed by atoms with Gasteiger partial charge in [0.1, 0.15) is 12.1 Å². The number of carbonyl (C=O) groups is 4. The number of unbranched alkanes of at least 4 members (excludes halogenated alkanes) is 1. The summed E-state index contributed by atoms with van der Waals surface area (Å²) in [5, 5.41) is 35.5. The second-order valence-corrected chi connectivity index (χ2v) is 7.95. The number of carboxylic acids is 1. The van der Waals surface area contributed by atoms with Gasteiger partial charge in [-0.05, 0) is 31.9 Å². The zero-order valence-electron chi connectivity index (χ0n) is 19.1. The highest BCUT2D eigenvalue weighted by atomic mass is 16.4. The van der Waals surface area contributed by atoms with E-state index in [0.29, 0.717) is 31.4 Å². The van der Waals surface area contributed by atoms with E-state index >= 15 is 0 Å². The third kappa shape index (κ3) is 9.83. The number of aliphatic carboxylic acids is 1. The zero-order chi connectivity index (χ0) is 25.7. The van der Waals surface area contributed by atoms with Crippen molar-refractivity contribution < 1.29 is 34.5 Å². The third-order valence-electron chi connectivity index (χ3n) is 5.08. The second kappa shape index (κ2) is 15.0. The van der Waals surface area contributed by atoms with Gasteiger partial charge in [-0.1, -0.05) is 36.8 Å². The highest BCUT2D eigenvalue weighted by molar-refractivity contribution is 5.94. The maximum Gasteiger partial charge on any atom is 0.328 e. The molecule has 0 saturated heterocycles. The summed E-state index contributed by atoms with van der Waals surface area (Å²) in [6.07, 6.45) is 0.256. The van der Waals surface area contributed by atoms with E-state index in [2.05, 4.69) is 16.0 Å². The topological polar surface area (TPSA) is 217 Å². The van der Waals surface area contributed by atoms with Gasteiger partial charge in [-0.15, -0.1) is 0 Å². The van der Waals surface area contributed by atoms with Gasteiger partial charge in [-0.25, -0.2) is 4.79 Å². The van der Waals surface area contributed by atoms with Crippen LogP contribution in [-0.2, 0) is 25.6 Å². The molecule has 12 nitrogen and oxygen atoms in total. The largest absolute Gasteiger partial charge is 0.480 e. The van der Waals surface area contributed by atoms with Crippen molar-refractivity contribution in [3.05, 3.63) is 35.9 Å². The lowest BCUT2D eigenvalue weighted by Gasteiger charge is -2.25. The molecular formula is C22H35N5O7. The van der Waals surface area contributed by atoms with Gasteiger partial charge in [-0.3, -0.25) is 14.4 Å². The Hall–Kier alpha value is -3.06. The monoisotopic (exact) mass is 481 g/mol. The number of nitrogens with two attached hydrogens (primary N) is 2. The molecule has 0 aliphatic rings. The molecule has 0 aliphatic carbocycles. The normalized spacial score (nSPS) is 15.3. The first-order valence-corrected chi connectivity index (χ1v) is 11.0. The molecule has 1 aromatic rings. The Morgan fingerprint density at radius 1 is 0.941 bits per heavy atom. The van der Waals surface area contributed by atoms with E-state index in [4.69, 9.17) is 11.5 Å². The molecule has 5 unspecified atom stereocenters. The van der Waals surface area contributed by atoms with Gasteiger partial charge in [0.2, 0.25) is 17.7 Å². The maximum atomic E-state index is 12.8. The van der Waals surface area contributed by atoms with Crippen LogP contribution >= 0.6 is 0 Å². The Bertz CT molecular complexity index is 806. The number of hydrogen-bond acceptors (Lipinski definition) is 8. The summed E-state index contributed by atoms with van der Waals surface area (Å²) < 4.78 is 0. The summed E-state index contributed by atoms with van der Waals surface area (Å²) in [6, 6.07) is 3.50. The Morgan fingerprint density at radius 3 is 2.06 bits per heavy atom. The molecule has 3 amide bonds. The minimum atomic E-state index is -1.59. The molecule has 5 atom stereocenters. The van der Waals surface area contributed by atoms with E-state index in [-0.39, 0.29) is 6.42 Å². The van der Waals surface area contributed by atoms with Crippen molar-refractivity contribution in [1.82, 2.24) is 16.0 Å². The number of amides is 3. The highest BCUT2D eigenvalue weighted by Gasteiger charge is 2.31. The van der Waals surface area contributed by atoms with Crippen LogP contribution < -0.4 is 27.4 Å². The van der Waals surface area contributed by atoms with Crippen molar-refractivity contribution >= 4 is 23.7 Å². The van der Waals surface area contributed by atoms with Gasteiger partial charge >= 0.3 is 5.97 Å². The Labute approximate surface area is 198 Å². The van der Waals surface area contributed by atoms with Gasteiger partial charge in [0.05, 0.1) is 18.8 Å². The van der Waals surface area contributed by atoms with E-state index in [0.717, 1.165) is 0 Å². The fourth-order valence-electron chi connectivity index (χ4n) is 3.09. The Kier molecular flexibility index (Phi) is 12.7. The minimum Gasteiger partial charge on any atom is -0.480 e. The van der Waals surface area contributed by atoms with Crippen LogP contribution in [0.15, 0.2) is 30.3 Å². The molecule has 0 heterocycles. The van der Waals surface area contributed by atoms with Crippen LogP contribution in [0.4, 0.5) is 0 Å². The van der Waals surface area contributed by atoms with Crippen LogP contribution in [0.5, 0.6) is 0 Å². The molecule has 0 fully saturated rings. The fourth-order valence-corrected chi connectivity index (χ4v) is 3.09. The average molecular weight is 482 g/mol. The van der Waals surface area contributed by atoms with Crippen LogP contribution in [0.2, 0.25) is 0 Å². The smallest absolute Gasteiger partial charge is 0.328 e. The number of aliphatic hydroxyl groups excluding tert-OH is 2. The quantitative estimate of drug-likeness (QED) is 0.125. The van der Waals surface area contributed by atoms with Crippen molar-refractivity contribution in [2.24, 2.45) is 11.5 Å². The average Bonchev–Trinajstić information content (AvgIpc) is 2.80. The van der Waals surface area contributed by atoms with Crippen molar-refractivity contribution in [2.45, 2.75) is 62.9 Å². The molecular weight excluding hydrogens is 446 g/mol. The summed E-state index contributed by atoms with van der Waals surface area (Å²) in [5.74, 6) is -3.80. The van der Waals surface area contributed by atoms with Gasteiger partial charge in [0.15, 0.2) is 6.04 Å². The molecule has 0 spiro atoms. The zero-order valence-corrected chi connectivity index (χ0v) is 19.1. The molecule has 0 saturated carbocycles. The van der Waals surface area contributed by atoms with Crippen molar-refractivity contribution in [1.29, 1.82) is 0 Å². The van der Waals surface area contributed by atoms with Crippen LogP contribution in [0.1, 0.15) is 31.7 Å². The maximum absolute atomic E-state index is 12.8. The van der Waals surface area contributed by atoms with Crippen LogP contribution in [0.25, 0.3) is 0 Å². The second-order valence-electron chi connectivity index (χ2n) is 7.95. The molecule has 12 heteroatoms. The molecule has 0 bridgehead atoms. The van der Waals surface area contributed by atoms with Crippen LogP contribution in [-0.4, -0.2) is 82.4 Å². The van der Waals surface area contributed by atoms with Crippen molar-refractivity contribution in [3.8, 4) is 0 Å². The summed E-state index contributed by atoms with van der Waals surface area (Å²) in [4.78, 5) is 49.2. The molecule has 1 rings (SSSR count). The van der Waals surface area contributed by atoms with E-state index in [9.17, 15) is 34.5 Å². The van der Waals surface area contributed by atoms with E-state index < -0.39 is 60.6 Å². The number of carboxylic acid groups (broad SMARTS) is 1. The number of rotatable bonds is 15. The lowest BCUT2D eigenvalue weighted by Crippen LogP contribution is -2.59. The lowest BCUT2D eigenvalue weighted by molar-refractivity contribution is -0.145. The first-order valence-electron chi connectivity index (χ1n) is 11.0. The SMILES string of the molecule is CC(O)C(NC(=O)C(Cc1ccccc1)NC(=O)C(CO)NC(=O)C(N)CCCCN)C(=O)O. The van der Waals surface area contributed by atoms with Gasteiger partial charge in [0.25, 0.3) is 0 Å². The highest BCUT2D eigenvalue weighted by Crippen LogP contribution is 2.06. The standard InChI is InChI=1S/C22H35N5O7/c1-13(29)18(22(33)34)27-20(31)16(11-14-7-3-2-4-8-14)25-21(32)17(12-28)26-19(30)15(24)9-5-6-10-23/h2-4,7-8,13,15-18,28-29H,5-6,9-12,23-24H2,1H3,(H,25,32)(H,26,30)(H,27,31)(H,33,34). The first kappa shape index (κ1) is 29.0. The number of hydrogen-bond donors (Lipinski definition) is 8. The molecule has 10 N–H and O–H groups in total. The lowest BCUT2D eigenvalue weighted by atomic mass is 10.0. The van der Waals surface area contributed by atoms with E-state index in [1.807, 2.05) is 0 Å². The number of nitrogens with one attached hydrogen (secondary N) is 3. The predicted molar refractivity (Wildman–Crippen MR) is 123 cm³/mol. The summed E-state index contributed by atoms with van der Waals surface area (Å²) in [7, 11) is 0. The molecule has 190 valence electrons. The van der Waals surface area contributed by atoms with Crippen LogP contribution in [0.3, 0.4) is 0 Å². The van der Waals surface area contributed by atoms with Gasteiger partial charge in [0, 0.05) is 6.42 Å². The summed E-state index contributed by atoms with van der Waals surface area (Å²) >= 11 is 0. The summed E-state index contributed by atoms with van der Waals surface area (Å²) in [6.45, 7) is 0.912. The minimum absolute atomic E-state index is 0.00470. The fraction of sp³-hybridized carbons (Fsp3) is 0.545. The molecule has 0 radical (unpaired) electrons. The number of aliphatic hydroxyl groups is 2. The van der Waals surface area contributed by atoms with E-state index in [1.54, 1.807) is 30.3 Å². The Morgan fingerprint density at radius 2 is 1.53 bits per heavy atom. The van der Waals surface area contributed by atoms with Gasteiger partial charge < -0.3 is 42.7 Å². The number of benzene rings is 1. The number of carbonyl (C=O) groups excluding carboxylic acids is 3. The summed E-state index contributed by atoms with van der Waals surface area (Å²) in [5.41, 5.74) is 11.9. The predicted octanol–water partition coefficient (Wildman–Crippen LogP) is -2.40. The molecule has 34 heavy (non-hydrogen) atoms. The van der Waals surface area contributed by atoms with Gasteiger partial charge in [-0.2, -0.15) is 0 Å². The Balaban J connectivity index is 2.94. The van der Waals surface area contributed by atoms with Crippen LogP contribution in [0, 0.1) is 0 Å². The molecule has 0 aromatic heterocycles. The van der Waals surface area contributed by atoms with Crippen molar-refractivity contribution in [2.75, 3.05) is 13.2 Å². The first-order chi connectivity index (χ1) is 16.1.